The Morgan fingerprint density at radius 1 is 1.42 bits per heavy atom. The minimum Gasteiger partial charge on any atom is -0.316 e. The second-order valence-electron chi connectivity index (χ2n) is 6.60. The number of aromatic nitrogens is 1. The van der Waals surface area contributed by atoms with Crippen LogP contribution in [0.2, 0.25) is 0 Å². The number of hydrogen-bond donors (Lipinski definition) is 1. The van der Waals surface area contributed by atoms with E-state index in [1.54, 1.807) is 0 Å². The van der Waals surface area contributed by atoms with Gasteiger partial charge in [0.05, 0.1) is 0 Å². The van der Waals surface area contributed by atoms with Crippen LogP contribution in [0.3, 0.4) is 0 Å². The van der Waals surface area contributed by atoms with Gasteiger partial charge in [0.2, 0.25) is 0 Å². The zero-order chi connectivity index (χ0) is 13.9. The normalized spacial score (nSPS) is 18.6. The van der Waals surface area contributed by atoms with Gasteiger partial charge in [-0.15, -0.1) is 0 Å². The number of nitrogens with one attached hydrogen (secondary N) is 1. The fourth-order valence-electron chi connectivity index (χ4n) is 2.70. The van der Waals surface area contributed by atoms with Crippen LogP contribution in [0.25, 0.3) is 0 Å². The van der Waals surface area contributed by atoms with Crippen molar-refractivity contribution in [2.24, 2.45) is 17.3 Å². The lowest BCUT2D eigenvalue weighted by molar-refractivity contribution is 0.249. The molecule has 1 N–H and O–H groups in total. The molecule has 2 nitrogen and oxygen atoms in total. The van der Waals surface area contributed by atoms with Crippen LogP contribution in [-0.2, 0) is 6.42 Å². The molecule has 19 heavy (non-hydrogen) atoms. The first kappa shape index (κ1) is 15.0. The fraction of sp³-hybridized carbons (Fsp3) is 0.688. The summed E-state index contributed by atoms with van der Waals surface area (Å²) in [6.07, 6.45) is 5.76. The molecule has 106 valence electrons. The van der Waals surface area contributed by atoms with Gasteiger partial charge in [0.1, 0.15) is 0 Å². The van der Waals surface area contributed by atoms with E-state index in [1.165, 1.54) is 18.5 Å². The van der Waals surface area contributed by atoms with Gasteiger partial charge in [0, 0.05) is 22.9 Å². The van der Waals surface area contributed by atoms with Crippen molar-refractivity contribution in [1.82, 2.24) is 10.3 Å². The summed E-state index contributed by atoms with van der Waals surface area (Å²) in [6.45, 7) is 9.15. The van der Waals surface area contributed by atoms with Gasteiger partial charge in [-0.25, -0.2) is 0 Å². The average molecular weight is 325 g/mol. The summed E-state index contributed by atoms with van der Waals surface area (Å²) in [4.78, 5) is 4.54. The summed E-state index contributed by atoms with van der Waals surface area (Å²) >= 11 is 3.45. The van der Waals surface area contributed by atoms with Gasteiger partial charge in [-0.05, 0) is 71.1 Å². The molecule has 0 aromatic carbocycles. The van der Waals surface area contributed by atoms with E-state index < -0.39 is 0 Å². The Balaban J connectivity index is 1.96. The number of pyridine rings is 1. The van der Waals surface area contributed by atoms with Crippen molar-refractivity contribution >= 4 is 15.9 Å². The quantitative estimate of drug-likeness (QED) is 0.818. The van der Waals surface area contributed by atoms with Gasteiger partial charge in [0.25, 0.3) is 0 Å². The van der Waals surface area contributed by atoms with Crippen LogP contribution in [0.4, 0.5) is 0 Å². The first-order valence-electron chi connectivity index (χ1n) is 7.31. The summed E-state index contributed by atoms with van der Waals surface area (Å²) in [5, 5.41) is 3.64. The van der Waals surface area contributed by atoms with Crippen LogP contribution in [-0.4, -0.2) is 18.1 Å². The minimum atomic E-state index is 0.357. The van der Waals surface area contributed by atoms with Gasteiger partial charge in [-0.1, -0.05) is 20.8 Å². The maximum absolute atomic E-state index is 4.54. The lowest BCUT2D eigenvalue weighted by atomic mass is 9.80. The highest BCUT2D eigenvalue weighted by Gasteiger charge is 2.41. The van der Waals surface area contributed by atoms with Crippen molar-refractivity contribution in [3.05, 3.63) is 28.5 Å². The van der Waals surface area contributed by atoms with E-state index in [1.807, 2.05) is 6.20 Å². The molecule has 1 aliphatic carbocycles. The molecule has 1 unspecified atom stereocenters. The van der Waals surface area contributed by atoms with Gasteiger partial charge < -0.3 is 5.32 Å². The predicted molar refractivity (Wildman–Crippen MR) is 84.2 cm³/mol. The van der Waals surface area contributed by atoms with Crippen molar-refractivity contribution in [3.63, 3.8) is 0 Å². The SMILES string of the molecule is CC(C)CNCC(C)(Cc1ccc(Br)cn1)C1CC1. The molecule has 3 heteroatoms. The Morgan fingerprint density at radius 2 is 2.16 bits per heavy atom. The van der Waals surface area contributed by atoms with Gasteiger partial charge in [-0.2, -0.15) is 0 Å². The maximum atomic E-state index is 4.54. The number of nitrogens with zero attached hydrogens (tertiary/aromatic N) is 1. The molecular formula is C16H25BrN2. The molecule has 0 amide bonds. The van der Waals surface area contributed by atoms with Crippen molar-refractivity contribution < 1.29 is 0 Å². The molecule has 0 saturated heterocycles. The molecule has 1 aliphatic rings. The molecule has 0 aliphatic heterocycles. The molecule has 0 radical (unpaired) electrons. The van der Waals surface area contributed by atoms with Crippen molar-refractivity contribution in [2.75, 3.05) is 13.1 Å². The smallest absolute Gasteiger partial charge is 0.0413 e. The van der Waals surface area contributed by atoms with Gasteiger partial charge in [-0.3, -0.25) is 4.98 Å². The zero-order valence-corrected chi connectivity index (χ0v) is 13.8. The molecule has 1 atom stereocenters. The monoisotopic (exact) mass is 324 g/mol. The topological polar surface area (TPSA) is 24.9 Å². The third-order valence-electron chi connectivity index (χ3n) is 4.02. The largest absolute Gasteiger partial charge is 0.316 e. The standard InChI is InChI=1S/C16H25BrN2/c1-12(2)9-18-11-16(3,13-4-5-13)8-15-7-6-14(17)10-19-15/h6-7,10,12-13,18H,4-5,8-9,11H2,1-3H3. The average Bonchev–Trinajstić information content (AvgIpc) is 3.16. The Morgan fingerprint density at radius 3 is 2.68 bits per heavy atom. The van der Waals surface area contributed by atoms with E-state index in [2.05, 4.69) is 59.1 Å². The first-order valence-corrected chi connectivity index (χ1v) is 8.10. The summed E-state index contributed by atoms with van der Waals surface area (Å²) in [6, 6.07) is 4.24. The van der Waals surface area contributed by atoms with E-state index >= 15 is 0 Å². The van der Waals surface area contributed by atoms with E-state index in [0.29, 0.717) is 11.3 Å². The van der Waals surface area contributed by atoms with Crippen molar-refractivity contribution in [2.45, 2.75) is 40.0 Å². The molecular weight excluding hydrogens is 300 g/mol. The number of hydrogen-bond acceptors (Lipinski definition) is 2. The highest BCUT2D eigenvalue weighted by molar-refractivity contribution is 9.10. The minimum absolute atomic E-state index is 0.357. The second kappa shape index (κ2) is 6.36. The van der Waals surface area contributed by atoms with Gasteiger partial charge in [0.15, 0.2) is 0 Å². The molecule has 0 bridgehead atoms. The Bertz CT molecular complexity index is 398. The molecule has 1 aromatic rings. The Kier molecular flexibility index (Phi) is 5.02. The summed E-state index contributed by atoms with van der Waals surface area (Å²) in [7, 11) is 0. The number of halogens is 1. The molecule has 1 heterocycles. The highest BCUT2D eigenvalue weighted by Crippen LogP contribution is 2.46. The third-order valence-corrected chi connectivity index (χ3v) is 4.49. The van der Waals surface area contributed by atoms with Crippen LogP contribution < -0.4 is 5.32 Å². The molecule has 1 fully saturated rings. The van der Waals surface area contributed by atoms with Crippen LogP contribution >= 0.6 is 15.9 Å². The highest BCUT2D eigenvalue weighted by atomic mass is 79.9. The summed E-state index contributed by atoms with van der Waals surface area (Å²) in [5.41, 5.74) is 1.57. The lowest BCUT2D eigenvalue weighted by Crippen LogP contribution is -2.37. The summed E-state index contributed by atoms with van der Waals surface area (Å²) in [5.74, 6) is 1.59. The van der Waals surface area contributed by atoms with E-state index in [-0.39, 0.29) is 0 Å². The Labute approximate surface area is 125 Å². The number of rotatable bonds is 7. The lowest BCUT2D eigenvalue weighted by Gasteiger charge is -2.30. The van der Waals surface area contributed by atoms with E-state index in [0.717, 1.165) is 29.9 Å². The zero-order valence-electron chi connectivity index (χ0n) is 12.2. The van der Waals surface area contributed by atoms with Crippen LogP contribution in [0.15, 0.2) is 22.8 Å². The predicted octanol–water partition coefficient (Wildman–Crippen LogP) is 4.05. The fourth-order valence-corrected chi connectivity index (χ4v) is 2.94. The van der Waals surface area contributed by atoms with Crippen molar-refractivity contribution in [3.8, 4) is 0 Å². The van der Waals surface area contributed by atoms with Crippen LogP contribution in [0, 0.1) is 17.3 Å². The molecule has 1 aromatic heterocycles. The molecule has 1 saturated carbocycles. The van der Waals surface area contributed by atoms with E-state index in [4.69, 9.17) is 0 Å². The molecule has 0 spiro atoms. The van der Waals surface area contributed by atoms with Crippen LogP contribution in [0.5, 0.6) is 0 Å². The second-order valence-corrected chi connectivity index (χ2v) is 7.51. The van der Waals surface area contributed by atoms with E-state index in [9.17, 15) is 0 Å². The van der Waals surface area contributed by atoms with Crippen LogP contribution in [0.1, 0.15) is 39.3 Å². The summed E-state index contributed by atoms with van der Waals surface area (Å²) < 4.78 is 1.06. The Hall–Kier alpha value is -0.410. The first-order chi connectivity index (χ1) is 8.99. The maximum Gasteiger partial charge on any atom is 0.0413 e. The molecule has 2 rings (SSSR count). The third kappa shape index (κ3) is 4.57. The van der Waals surface area contributed by atoms with Gasteiger partial charge >= 0.3 is 0 Å². The van der Waals surface area contributed by atoms with Crippen molar-refractivity contribution in [1.29, 1.82) is 0 Å².